The summed E-state index contributed by atoms with van der Waals surface area (Å²) in [7, 11) is 3.50. The molecule has 1 nitrogen and oxygen atoms in total. The Labute approximate surface area is 38.7 Å². The molecule has 0 N–H and O–H groups in total. The molecular formula is C2H6NV-. The van der Waals surface area contributed by atoms with E-state index < -0.39 is 0 Å². The van der Waals surface area contributed by atoms with E-state index in [1.54, 1.807) is 14.1 Å². The summed E-state index contributed by atoms with van der Waals surface area (Å²) in [5.74, 6) is 0. The summed E-state index contributed by atoms with van der Waals surface area (Å²) >= 11 is 0. The van der Waals surface area contributed by atoms with Gasteiger partial charge in [0.15, 0.2) is 0 Å². The average molecular weight is 95.0 g/mol. The van der Waals surface area contributed by atoms with Crippen molar-refractivity contribution in [3.8, 4) is 0 Å². The van der Waals surface area contributed by atoms with Crippen molar-refractivity contribution in [3.63, 3.8) is 0 Å². The molecule has 0 saturated carbocycles. The fourth-order valence-corrected chi connectivity index (χ4v) is 0. The van der Waals surface area contributed by atoms with E-state index >= 15 is 0 Å². The van der Waals surface area contributed by atoms with E-state index in [0.717, 1.165) is 0 Å². The third-order valence-electron chi connectivity index (χ3n) is 0. The second-order valence-corrected chi connectivity index (χ2v) is 0.447. The molecule has 25 valence electrons. The minimum Gasteiger partial charge on any atom is -0.668 e. The van der Waals surface area contributed by atoms with Crippen LogP contribution in [0.15, 0.2) is 0 Å². The van der Waals surface area contributed by atoms with Crippen LogP contribution in [-0.2, 0) is 18.6 Å². The van der Waals surface area contributed by atoms with Gasteiger partial charge in [0.05, 0.1) is 0 Å². The molecule has 0 bridgehead atoms. The first-order chi connectivity index (χ1) is 1.41. The number of hydrogen-bond donors (Lipinski definition) is 0. The SMILES string of the molecule is C[N-]C.[V]. The third-order valence-corrected chi connectivity index (χ3v) is 0. The molecule has 0 aromatic carbocycles. The zero-order valence-corrected chi connectivity index (χ0v) is 4.29. The Morgan fingerprint density at radius 1 is 1.25 bits per heavy atom. The quantitative estimate of drug-likeness (QED) is 0.418. The first kappa shape index (κ1) is 8.82. The van der Waals surface area contributed by atoms with Gasteiger partial charge in [-0.25, -0.2) is 0 Å². The molecule has 4 heavy (non-hydrogen) atoms. The Balaban J connectivity index is 0. The molecule has 0 aromatic heterocycles. The van der Waals surface area contributed by atoms with Gasteiger partial charge >= 0.3 is 0 Å². The van der Waals surface area contributed by atoms with Crippen molar-refractivity contribution >= 4 is 0 Å². The molecule has 1 radical (unpaired) electrons. The van der Waals surface area contributed by atoms with Crippen molar-refractivity contribution in [2.75, 3.05) is 14.1 Å². The minimum absolute atomic E-state index is 0. The molecule has 0 aromatic rings. The van der Waals surface area contributed by atoms with Gasteiger partial charge in [-0.05, 0) is 0 Å². The normalized spacial score (nSPS) is 4.50. The zero-order chi connectivity index (χ0) is 2.71. The van der Waals surface area contributed by atoms with Crippen LogP contribution in [0, 0.1) is 0 Å². The summed E-state index contributed by atoms with van der Waals surface area (Å²) < 4.78 is 0. The van der Waals surface area contributed by atoms with Crippen LogP contribution in [0.4, 0.5) is 0 Å². The van der Waals surface area contributed by atoms with Gasteiger partial charge in [0, 0.05) is 18.6 Å². The van der Waals surface area contributed by atoms with Gasteiger partial charge in [-0.1, -0.05) is 0 Å². The second kappa shape index (κ2) is 9.62. The van der Waals surface area contributed by atoms with Crippen LogP contribution in [0.3, 0.4) is 0 Å². The number of rotatable bonds is 0. The van der Waals surface area contributed by atoms with Crippen molar-refractivity contribution in [3.05, 3.63) is 5.32 Å². The maximum Gasteiger partial charge on any atom is 0 e. The zero-order valence-electron chi connectivity index (χ0n) is 2.89. The first-order valence-corrected chi connectivity index (χ1v) is 0.894. The van der Waals surface area contributed by atoms with Crippen molar-refractivity contribution < 1.29 is 18.6 Å². The predicted octanol–water partition coefficient (Wildman–Crippen LogP) is 0.617. The summed E-state index contributed by atoms with van der Waals surface area (Å²) in [6.07, 6.45) is 0. The topological polar surface area (TPSA) is 14.1 Å². The Kier molecular flexibility index (Phi) is 21.2. The molecule has 0 rings (SSSR count). The van der Waals surface area contributed by atoms with Gasteiger partial charge in [-0.15, -0.1) is 0 Å². The standard InChI is InChI=1S/C2H6N.V/c1-3-2;/h1-2H3;/q-1;. The first-order valence-electron chi connectivity index (χ1n) is 0.894. The molecule has 2 heteroatoms. The van der Waals surface area contributed by atoms with Crippen LogP contribution in [0.25, 0.3) is 5.32 Å². The minimum atomic E-state index is 0. The van der Waals surface area contributed by atoms with Gasteiger partial charge in [0.25, 0.3) is 0 Å². The van der Waals surface area contributed by atoms with E-state index in [1.165, 1.54) is 0 Å². The van der Waals surface area contributed by atoms with E-state index in [1.807, 2.05) is 0 Å². The Morgan fingerprint density at radius 2 is 1.25 bits per heavy atom. The van der Waals surface area contributed by atoms with E-state index in [0.29, 0.717) is 0 Å². The molecule has 0 unspecified atom stereocenters. The van der Waals surface area contributed by atoms with Crippen molar-refractivity contribution in [2.24, 2.45) is 0 Å². The molecule has 0 aliphatic heterocycles. The molecule has 0 spiro atoms. The van der Waals surface area contributed by atoms with Crippen LogP contribution in [0.2, 0.25) is 0 Å². The predicted molar refractivity (Wildman–Crippen MR) is 15.2 cm³/mol. The third kappa shape index (κ3) is 20.5. The van der Waals surface area contributed by atoms with Crippen molar-refractivity contribution in [1.82, 2.24) is 0 Å². The summed E-state index contributed by atoms with van der Waals surface area (Å²) in [6.45, 7) is 0. The fraction of sp³-hybridized carbons (Fsp3) is 1.00. The summed E-state index contributed by atoms with van der Waals surface area (Å²) in [6, 6.07) is 0. The van der Waals surface area contributed by atoms with E-state index in [2.05, 4.69) is 5.32 Å². The molecule has 0 atom stereocenters. The van der Waals surface area contributed by atoms with E-state index in [-0.39, 0.29) is 18.6 Å². The van der Waals surface area contributed by atoms with E-state index in [4.69, 9.17) is 0 Å². The van der Waals surface area contributed by atoms with Gasteiger partial charge in [-0.3, -0.25) is 0 Å². The van der Waals surface area contributed by atoms with Gasteiger partial charge in [0.2, 0.25) is 0 Å². The van der Waals surface area contributed by atoms with Crippen molar-refractivity contribution in [1.29, 1.82) is 0 Å². The van der Waals surface area contributed by atoms with Gasteiger partial charge in [0.1, 0.15) is 0 Å². The fourth-order valence-electron chi connectivity index (χ4n) is 0. The molecule has 0 heterocycles. The van der Waals surface area contributed by atoms with Crippen LogP contribution in [0.5, 0.6) is 0 Å². The molecule has 0 aliphatic rings. The maximum absolute atomic E-state index is 3.50. The smallest absolute Gasteiger partial charge is 0 e. The maximum atomic E-state index is 3.50. The molecule has 0 saturated heterocycles. The average Bonchev–Trinajstić information content (AvgIpc) is 0.918. The Hall–Kier alpha value is 0.544. The van der Waals surface area contributed by atoms with Crippen LogP contribution in [-0.4, -0.2) is 14.1 Å². The second-order valence-electron chi connectivity index (χ2n) is 0.447. The molecule has 0 fully saturated rings. The monoisotopic (exact) mass is 95.0 g/mol. The van der Waals surface area contributed by atoms with Gasteiger partial charge < -0.3 is 5.32 Å². The molecule has 0 aliphatic carbocycles. The summed E-state index contributed by atoms with van der Waals surface area (Å²) in [5.41, 5.74) is 0. The Morgan fingerprint density at radius 3 is 1.25 bits per heavy atom. The Bertz CT molecular complexity index is 6.00. The van der Waals surface area contributed by atoms with Crippen LogP contribution in [0.1, 0.15) is 0 Å². The number of nitrogens with zero attached hydrogens (tertiary/aromatic N) is 1. The largest absolute Gasteiger partial charge is 0.668 e. The van der Waals surface area contributed by atoms with E-state index in [9.17, 15) is 0 Å². The molecular weight excluding hydrogens is 89.0 g/mol. The van der Waals surface area contributed by atoms with Crippen molar-refractivity contribution in [2.45, 2.75) is 0 Å². The van der Waals surface area contributed by atoms with Crippen LogP contribution < -0.4 is 0 Å². The summed E-state index contributed by atoms with van der Waals surface area (Å²) in [5, 5.41) is 3.50. The van der Waals surface area contributed by atoms with Crippen LogP contribution >= 0.6 is 0 Å². The molecule has 0 amide bonds. The number of hydrogen-bond acceptors (Lipinski definition) is 0. The van der Waals surface area contributed by atoms with Gasteiger partial charge in [-0.2, -0.15) is 14.1 Å². The summed E-state index contributed by atoms with van der Waals surface area (Å²) in [4.78, 5) is 0.